The van der Waals surface area contributed by atoms with Crippen molar-refractivity contribution in [3.05, 3.63) is 167 Å². The molecule has 6 aliphatic rings. The lowest BCUT2D eigenvalue weighted by Gasteiger charge is -2.34. The van der Waals surface area contributed by atoms with E-state index in [1.54, 1.807) is 85.3 Å². The van der Waals surface area contributed by atoms with Gasteiger partial charge in [-0.2, -0.15) is 0 Å². The third-order valence-electron chi connectivity index (χ3n) is 21.0. The van der Waals surface area contributed by atoms with Crippen LogP contribution in [0, 0.1) is 5.92 Å². The number of nitrogens with one attached hydrogen (secondary N) is 3. The predicted molar refractivity (Wildman–Crippen MR) is 425 cm³/mol. The first kappa shape index (κ1) is 77.8. The van der Waals surface area contributed by atoms with Crippen LogP contribution in [0.1, 0.15) is 102 Å². The van der Waals surface area contributed by atoms with Crippen molar-refractivity contribution in [3.8, 4) is 34.1 Å². The number of rotatable bonds is 31. The maximum Gasteiger partial charge on any atom is 0.407 e. The Kier molecular flexibility index (Phi) is 24.3. The Bertz CT molecular complexity index is 4350. The van der Waals surface area contributed by atoms with Crippen LogP contribution in [-0.4, -0.2) is 190 Å². The lowest BCUT2D eigenvalue weighted by Crippen LogP contribution is -2.53. The van der Waals surface area contributed by atoms with E-state index >= 15 is 4.79 Å². The zero-order valence-electron chi connectivity index (χ0n) is 64.3. The van der Waals surface area contributed by atoms with Gasteiger partial charge in [0.25, 0.3) is 23.6 Å². The Balaban J connectivity index is 0.667. The van der Waals surface area contributed by atoms with Crippen LogP contribution in [0.15, 0.2) is 134 Å². The first-order valence-electron chi connectivity index (χ1n) is 37.7. The molecule has 6 aromatic rings. The molecule has 25 heteroatoms. The fourth-order valence-corrected chi connectivity index (χ4v) is 16.0. The number of hydrogen-bond acceptors (Lipinski definition) is 16. The Morgan fingerprint density at radius 2 is 1.01 bits per heavy atom. The fraction of sp³-hybridized carbons (Fsp3) is 0.434. The summed E-state index contributed by atoms with van der Waals surface area (Å²) < 4.78 is 42.9. The SMILES string of the molecule is COc1cc2c(cc1OCCCCCOc1cc3c(cc1OC)C(=O)N1C=C(c4ccc(N5CCN(C)CC5)cc4)C[C@H]1C(=O)N3COCC[Si](C)(C)C)N(COCC[Si](C)(C)C)C(=O)C1CC(c3ccc(NC(=O)[C@H](C)NC(=O)[C@@H](NC(=O)OCC4c5ccccc5-c5ccccc54)C(C)C)cc3)=CN1C2=O. The highest BCUT2D eigenvalue weighted by Gasteiger charge is 2.46. The average molecular weight is 1510 g/mol. The molecule has 5 aliphatic heterocycles. The van der Waals surface area contributed by atoms with Crippen LogP contribution < -0.4 is 49.6 Å². The maximum absolute atomic E-state index is 15.0. The van der Waals surface area contributed by atoms with E-state index in [1.165, 1.54) is 24.0 Å². The zero-order valence-corrected chi connectivity index (χ0v) is 66.3. The highest BCUT2D eigenvalue weighted by atomic mass is 28.3. The number of piperazine rings is 1. The molecular weight excluding hydrogens is 1400 g/mol. The van der Waals surface area contributed by atoms with Gasteiger partial charge in [-0.05, 0) is 132 Å². The van der Waals surface area contributed by atoms with Crippen LogP contribution in [0.4, 0.5) is 27.5 Å². The molecule has 1 fully saturated rings. The van der Waals surface area contributed by atoms with E-state index in [0.29, 0.717) is 84.5 Å². The number of anilines is 4. The summed E-state index contributed by atoms with van der Waals surface area (Å²) in [6.07, 6.45) is 5.22. The second kappa shape index (κ2) is 33.8. The molecule has 0 bridgehead atoms. The smallest absolute Gasteiger partial charge is 0.407 e. The van der Waals surface area contributed by atoms with Crippen molar-refractivity contribution < 1.29 is 66.7 Å². The van der Waals surface area contributed by atoms with E-state index in [-0.39, 0.29) is 74.8 Å². The Labute approximate surface area is 635 Å². The van der Waals surface area contributed by atoms with Gasteiger partial charge < -0.3 is 68.7 Å². The minimum atomic E-state index is -1.53. The van der Waals surface area contributed by atoms with Crippen molar-refractivity contribution in [1.29, 1.82) is 0 Å². The quantitative estimate of drug-likeness (QED) is 0.0271. The first-order valence-corrected chi connectivity index (χ1v) is 45.1. The van der Waals surface area contributed by atoms with Gasteiger partial charge in [0.15, 0.2) is 23.0 Å². The summed E-state index contributed by atoms with van der Waals surface area (Å²) >= 11 is 0. The number of ether oxygens (including phenoxy) is 7. The van der Waals surface area contributed by atoms with E-state index in [0.717, 1.165) is 88.5 Å². The molecule has 3 N–H and O–H groups in total. The van der Waals surface area contributed by atoms with Crippen LogP contribution in [0.3, 0.4) is 0 Å². The van der Waals surface area contributed by atoms with Crippen LogP contribution in [0.5, 0.6) is 23.0 Å². The zero-order chi connectivity index (χ0) is 76.7. The number of carbonyl (C=O) groups excluding carboxylic acids is 7. The highest BCUT2D eigenvalue weighted by molar-refractivity contribution is 6.76. The minimum absolute atomic E-state index is 0.0358. The molecule has 572 valence electrons. The number of hydrogen-bond donors (Lipinski definition) is 3. The molecule has 0 spiro atoms. The largest absolute Gasteiger partial charge is 0.493 e. The van der Waals surface area contributed by atoms with Crippen molar-refractivity contribution in [3.63, 3.8) is 0 Å². The number of alkyl carbamates (subject to hydrolysis) is 1. The Hall–Kier alpha value is -9.80. The van der Waals surface area contributed by atoms with E-state index in [2.05, 4.69) is 108 Å². The molecule has 0 radical (unpaired) electrons. The van der Waals surface area contributed by atoms with E-state index in [9.17, 15) is 28.8 Å². The molecule has 7 amide bonds. The molecule has 4 atom stereocenters. The molecule has 1 unspecified atom stereocenters. The number of amides is 7. The van der Waals surface area contributed by atoms with E-state index < -0.39 is 64.1 Å². The molecule has 1 aliphatic carbocycles. The van der Waals surface area contributed by atoms with Crippen molar-refractivity contribution >= 4 is 91.6 Å². The van der Waals surface area contributed by atoms with Gasteiger partial charge in [0.2, 0.25) is 11.8 Å². The average Bonchev–Trinajstić information content (AvgIpc) is 1.64. The van der Waals surface area contributed by atoms with Gasteiger partial charge >= 0.3 is 6.09 Å². The number of unbranched alkanes of at least 4 members (excludes halogenated alkanes) is 2. The molecule has 23 nitrogen and oxygen atoms in total. The predicted octanol–water partition coefficient (Wildman–Crippen LogP) is 12.9. The van der Waals surface area contributed by atoms with Crippen LogP contribution in [0.25, 0.3) is 22.3 Å². The lowest BCUT2D eigenvalue weighted by molar-refractivity contribution is -0.128. The number of carbonyl (C=O) groups is 7. The first-order chi connectivity index (χ1) is 51.8. The molecule has 108 heavy (non-hydrogen) atoms. The summed E-state index contributed by atoms with van der Waals surface area (Å²) in [5.74, 6) is -1.44. The summed E-state index contributed by atoms with van der Waals surface area (Å²) in [5, 5.41) is 8.35. The summed E-state index contributed by atoms with van der Waals surface area (Å²) in [5.41, 5.74) is 10.5. The van der Waals surface area contributed by atoms with Gasteiger partial charge in [-0.1, -0.05) is 126 Å². The fourth-order valence-electron chi connectivity index (χ4n) is 14.5. The molecule has 0 aromatic heterocycles. The Morgan fingerprint density at radius 1 is 0.537 bits per heavy atom. The highest BCUT2D eigenvalue weighted by Crippen LogP contribution is 2.47. The molecule has 0 saturated carbocycles. The lowest BCUT2D eigenvalue weighted by atomic mass is 9.98. The summed E-state index contributed by atoms with van der Waals surface area (Å²) in [6.45, 7) is 24.0. The normalized spacial score (nSPS) is 17.7. The summed E-state index contributed by atoms with van der Waals surface area (Å²) in [6, 6.07) is 36.3. The van der Waals surface area contributed by atoms with Crippen LogP contribution in [-0.2, 0) is 33.4 Å². The van der Waals surface area contributed by atoms with Crippen molar-refractivity contribution in [1.82, 2.24) is 25.3 Å². The number of likely N-dealkylation sites (N-methyl/N-ethyl adjacent to an activating group) is 1. The van der Waals surface area contributed by atoms with Gasteiger partial charge in [-0.25, -0.2) is 4.79 Å². The molecule has 12 rings (SSSR count). The summed E-state index contributed by atoms with van der Waals surface area (Å²) in [4.78, 5) is 111. The maximum atomic E-state index is 15.0. The van der Waals surface area contributed by atoms with Crippen LogP contribution >= 0.6 is 0 Å². The number of fused-ring (bicyclic) bond motifs is 7. The van der Waals surface area contributed by atoms with E-state index in [4.69, 9.17) is 33.2 Å². The minimum Gasteiger partial charge on any atom is -0.493 e. The molecule has 1 saturated heterocycles. The Morgan fingerprint density at radius 3 is 1.47 bits per heavy atom. The van der Waals surface area contributed by atoms with Gasteiger partial charge in [0.1, 0.15) is 44.2 Å². The third kappa shape index (κ3) is 17.8. The standard InChI is InChI=1S/C83H103N9O14Si2/c1-53(2)76(86-83(99)106-50-67-63-22-16-14-20-61(63)62-21-15-17-23-64(62)67)78(94)84-54(3)77(93)85-59-28-24-55(25-29-59)57-42-70-81(97)91(51-102-38-40-107(7,8)9)68-46-74(72(100-5)44-65(68)79(95)89(70)48-57)104-36-18-13-19-37-105-75-47-69-66(45-73(75)101-6)80(96)90-49-58(43-71(90)82(98)92(69)52-103-39-41-108(10,11)12)56-26-30-60(31-27-56)88-34-32-87(4)33-35-88/h14-17,20-31,44-49,53-54,67,70-71,76H,13,18-19,32-43,50-52H2,1-12H3,(H,84,94)(H,85,93)(H,86,99)/t54-,70?,71-,76-/m0/s1. The second-order valence-electron chi connectivity index (χ2n) is 31.5. The topological polar surface area (TPSA) is 240 Å². The van der Waals surface area contributed by atoms with Crippen molar-refractivity contribution in [2.75, 3.05) is 114 Å². The monoisotopic (exact) mass is 1510 g/mol. The number of benzene rings is 6. The number of methoxy groups -OCH3 is 2. The molecular formula is C83H103N9O14Si2. The third-order valence-corrected chi connectivity index (χ3v) is 24.4. The molecule has 5 heterocycles. The van der Waals surface area contributed by atoms with Crippen LogP contribution in [0.2, 0.25) is 51.4 Å². The van der Waals surface area contributed by atoms with E-state index in [1.807, 2.05) is 42.6 Å². The van der Waals surface area contributed by atoms with Crippen molar-refractivity contribution in [2.45, 2.75) is 134 Å². The van der Waals surface area contributed by atoms with Gasteiger partial charge in [-0.15, -0.1) is 0 Å². The summed E-state index contributed by atoms with van der Waals surface area (Å²) in [7, 11) is 2.16. The second-order valence-corrected chi connectivity index (χ2v) is 42.8. The van der Waals surface area contributed by atoms with Gasteiger partial charge in [0.05, 0.1) is 49.9 Å². The number of nitrogens with zero attached hydrogens (tertiary/aromatic N) is 6. The molecule has 6 aromatic carbocycles. The van der Waals surface area contributed by atoms with Crippen molar-refractivity contribution in [2.24, 2.45) is 5.92 Å². The van der Waals surface area contributed by atoms with Gasteiger partial charge in [0, 0.05) is 110 Å². The van der Waals surface area contributed by atoms with Gasteiger partial charge in [-0.3, -0.25) is 38.6 Å².